The zero-order valence-electron chi connectivity index (χ0n) is 13.5. The van der Waals surface area contributed by atoms with Crippen LogP contribution in [0.1, 0.15) is 52.9 Å². The molecule has 0 aromatic carbocycles. The van der Waals surface area contributed by atoms with Crippen LogP contribution < -0.4 is 0 Å². The molecule has 1 aliphatic rings. The minimum Gasteiger partial charge on any atom is -0.480 e. The fraction of sp³-hybridized carbons (Fsp3) is 0.867. The van der Waals surface area contributed by atoms with E-state index in [-0.39, 0.29) is 13.1 Å². The molecule has 1 rings (SSSR count). The molecule has 6 heteroatoms. The largest absolute Gasteiger partial charge is 0.480 e. The number of carboxylic acids is 1. The molecule has 21 heavy (non-hydrogen) atoms. The maximum atomic E-state index is 12.2. The number of hydrogen-bond acceptors (Lipinski definition) is 4. The summed E-state index contributed by atoms with van der Waals surface area (Å²) >= 11 is 0. The lowest BCUT2D eigenvalue weighted by molar-refractivity contribution is -0.139. The van der Waals surface area contributed by atoms with Gasteiger partial charge >= 0.3 is 12.1 Å². The van der Waals surface area contributed by atoms with Crippen molar-refractivity contribution < 1.29 is 24.2 Å². The van der Waals surface area contributed by atoms with E-state index in [4.69, 9.17) is 14.6 Å². The molecule has 1 N–H and O–H groups in total. The van der Waals surface area contributed by atoms with E-state index in [1.165, 1.54) is 4.90 Å². The van der Waals surface area contributed by atoms with E-state index in [1.54, 1.807) is 27.9 Å². The molecule has 0 atom stereocenters. The van der Waals surface area contributed by atoms with Crippen molar-refractivity contribution in [3.63, 3.8) is 0 Å². The van der Waals surface area contributed by atoms with Crippen LogP contribution in [0.5, 0.6) is 0 Å². The smallest absolute Gasteiger partial charge is 0.410 e. The molecule has 0 unspecified atom stereocenters. The summed E-state index contributed by atoms with van der Waals surface area (Å²) in [6.45, 7) is 5.16. The van der Waals surface area contributed by atoms with E-state index >= 15 is 0 Å². The molecule has 0 saturated heterocycles. The standard InChI is InChI=1S/C15H27NO5/c1-14(2,3)21-13(19)16(10-12(17)18)11-15(20-4)8-6-5-7-9-15/h5-11H2,1-4H3,(H,17,18). The second-order valence-electron chi connectivity index (χ2n) is 6.68. The molecule has 6 nitrogen and oxygen atoms in total. The van der Waals surface area contributed by atoms with E-state index in [1.807, 2.05) is 0 Å². The van der Waals surface area contributed by atoms with Gasteiger partial charge in [0, 0.05) is 7.11 Å². The van der Waals surface area contributed by atoms with Gasteiger partial charge in [-0.3, -0.25) is 9.69 Å². The summed E-state index contributed by atoms with van der Waals surface area (Å²) in [6, 6.07) is 0. The first-order chi connectivity index (χ1) is 9.67. The maximum absolute atomic E-state index is 12.2. The highest BCUT2D eigenvalue weighted by Gasteiger charge is 2.37. The van der Waals surface area contributed by atoms with Gasteiger partial charge in [-0.15, -0.1) is 0 Å². The number of aliphatic carboxylic acids is 1. The molecule has 1 fully saturated rings. The molecule has 1 aliphatic carbocycles. The maximum Gasteiger partial charge on any atom is 0.410 e. The van der Waals surface area contributed by atoms with Crippen molar-refractivity contribution in [3.05, 3.63) is 0 Å². The number of methoxy groups -OCH3 is 1. The second-order valence-corrected chi connectivity index (χ2v) is 6.68. The molecule has 0 spiro atoms. The lowest BCUT2D eigenvalue weighted by Gasteiger charge is -2.39. The molecule has 1 amide bonds. The minimum absolute atomic E-state index is 0.255. The van der Waals surface area contributed by atoms with Gasteiger partial charge in [-0.1, -0.05) is 19.3 Å². The lowest BCUT2D eigenvalue weighted by Crippen LogP contribution is -2.50. The van der Waals surface area contributed by atoms with E-state index in [0.717, 1.165) is 32.1 Å². The number of nitrogens with zero attached hydrogens (tertiary/aromatic N) is 1. The first-order valence-electron chi connectivity index (χ1n) is 7.42. The molecule has 1 saturated carbocycles. The van der Waals surface area contributed by atoms with Crippen LogP contribution in [0.4, 0.5) is 4.79 Å². The average molecular weight is 301 g/mol. The normalized spacial score (nSPS) is 18.1. The van der Waals surface area contributed by atoms with Gasteiger partial charge in [0.05, 0.1) is 12.1 Å². The van der Waals surface area contributed by atoms with Gasteiger partial charge in [0.25, 0.3) is 0 Å². The van der Waals surface area contributed by atoms with Gasteiger partial charge in [-0.05, 0) is 33.6 Å². The third-order valence-corrected chi connectivity index (χ3v) is 3.65. The Bertz CT molecular complexity index is 369. The molecule has 0 aromatic rings. The zero-order valence-corrected chi connectivity index (χ0v) is 13.5. The fourth-order valence-corrected chi connectivity index (χ4v) is 2.65. The van der Waals surface area contributed by atoms with Crippen LogP contribution in [0.25, 0.3) is 0 Å². The van der Waals surface area contributed by atoms with Gasteiger partial charge in [0.15, 0.2) is 0 Å². The van der Waals surface area contributed by atoms with Crippen LogP contribution >= 0.6 is 0 Å². The van der Waals surface area contributed by atoms with Gasteiger partial charge in [-0.2, -0.15) is 0 Å². The summed E-state index contributed by atoms with van der Waals surface area (Å²) in [5.74, 6) is -1.05. The van der Waals surface area contributed by atoms with E-state index in [2.05, 4.69) is 0 Å². The SMILES string of the molecule is COC1(CN(CC(=O)O)C(=O)OC(C)(C)C)CCCCC1. The van der Waals surface area contributed by atoms with Crippen molar-refractivity contribution in [1.29, 1.82) is 0 Å². The summed E-state index contributed by atoms with van der Waals surface area (Å²) in [5.41, 5.74) is -1.11. The first-order valence-corrected chi connectivity index (χ1v) is 7.42. The van der Waals surface area contributed by atoms with Crippen LogP contribution in [0, 0.1) is 0 Å². The number of carbonyl (C=O) groups excluding carboxylic acids is 1. The van der Waals surface area contributed by atoms with Crippen molar-refractivity contribution in [1.82, 2.24) is 4.90 Å². The molecule has 0 bridgehead atoms. The van der Waals surface area contributed by atoms with Gasteiger partial charge < -0.3 is 14.6 Å². The highest BCUT2D eigenvalue weighted by atomic mass is 16.6. The minimum atomic E-state index is -1.05. The molecule has 0 radical (unpaired) electrons. The van der Waals surface area contributed by atoms with Crippen LogP contribution in [0.2, 0.25) is 0 Å². The molecule has 0 heterocycles. The Morgan fingerprint density at radius 2 is 1.76 bits per heavy atom. The summed E-state index contributed by atoms with van der Waals surface area (Å²) < 4.78 is 10.9. The molecule has 0 aliphatic heterocycles. The Kier molecular flexibility index (Phi) is 6.01. The summed E-state index contributed by atoms with van der Waals surface area (Å²) in [4.78, 5) is 24.5. The van der Waals surface area contributed by atoms with Crippen LogP contribution in [0.3, 0.4) is 0 Å². The number of hydrogen-bond donors (Lipinski definition) is 1. The highest BCUT2D eigenvalue weighted by molar-refractivity contribution is 5.77. The van der Waals surface area contributed by atoms with E-state index < -0.39 is 23.3 Å². The van der Waals surface area contributed by atoms with Crippen molar-refractivity contribution >= 4 is 12.1 Å². The van der Waals surface area contributed by atoms with Crippen LogP contribution in [-0.2, 0) is 14.3 Å². The topological polar surface area (TPSA) is 76.1 Å². The Balaban J connectivity index is 2.81. The quantitative estimate of drug-likeness (QED) is 0.845. The monoisotopic (exact) mass is 301 g/mol. The second kappa shape index (κ2) is 7.11. The van der Waals surface area contributed by atoms with Gasteiger partial charge in [0.2, 0.25) is 0 Å². The number of amides is 1. The Labute approximate surface area is 126 Å². The fourth-order valence-electron chi connectivity index (χ4n) is 2.65. The summed E-state index contributed by atoms with van der Waals surface area (Å²) in [5, 5.41) is 9.03. The third kappa shape index (κ3) is 5.91. The predicted octanol–water partition coefficient (Wildman–Crippen LogP) is 2.66. The Morgan fingerprint density at radius 3 is 2.19 bits per heavy atom. The van der Waals surface area contributed by atoms with Crippen molar-refractivity contribution in [3.8, 4) is 0 Å². The van der Waals surface area contributed by atoms with Crippen molar-refractivity contribution in [2.75, 3.05) is 20.2 Å². The lowest BCUT2D eigenvalue weighted by atomic mass is 9.84. The van der Waals surface area contributed by atoms with Crippen LogP contribution in [-0.4, -0.2) is 53.5 Å². The number of carbonyl (C=O) groups is 2. The van der Waals surface area contributed by atoms with Crippen LogP contribution in [0.15, 0.2) is 0 Å². The number of rotatable bonds is 5. The number of ether oxygens (including phenoxy) is 2. The Morgan fingerprint density at radius 1 is 1.19 bits per heavy atom. The van der Waals surface area contributed by atoms with E-state index in [9.17, 15) is 9.59 Å². The predicted molar refractivity (Wildman–Crippen MR) is 78.3 cm³/mol. The molecular formula is C15H27NO5. The van der Waals surface area contributed by atoms with E-state index in [0.29, 0.717) is 0 Å². The van der Waals surface area contributed by atoms with Crippen molar-refractivity contribution in [2.45, 2.75) is 64.1 Å². The van der Waals surface area contributed by atoms with Gasteiger partial charge in [-0.25, -0.2) is 4.79 Å². The first kappa shape index (κ1) is 17.8. The van der Waals surface area contributed by atoms with Gasteiger partial charge in [0.1, 0.15) is 12.1 Å². The Hall–Kier alpha value is -1.30. The average Bonchev–Trinajstić information content (AvgIpc) is 2.36. The number of carboxylic acid groups (broad SMARTS) is 1. The van der Waals surface area contributed by atoms with Crippen molar-refractivity contribution in [2.24, 2.45) is 0 Å². The molecule has 122 valence electrons. The summed E-state index contributed by atoms with van der Waals surface area (Å²) in [6.07, 6.45) is 4.28. The summed E-state index contributed by atoms with van der Waals surface area (Å²) in [7, 11) is 1.62. The molecular weight excluding hydrogens is 274 g/mol. The zero-order chi connectivity index (χ0) is 16.1. The molecule has 0 aromatic heterocycles. The highest BCUT2D eigenvalue weighted by Crippen LogP contribution is 2.32. The third-order valence-electron chi connectivity index (χ3n) is 3.65.